The van der Waals surface area contributed by atoms with Crippen LogP contribution in [0.15, 0.2) is 18.3 Å². The van der Waals surface area contributed by atoms with Gasteiger partial charge in [0.1, 0.15) is 5.69 Å². The SMILES string of the molecule is COC(=O)C(C)CN(C)C(=O)c1cccn1C1CCC1. The van der Waals surface area contributed by atoms with E-state index in [0.717, 1.165) is 12.8 Å². The lowest BCUT2D eigenvalue weighted by Crippen LogP contribution is -2.36. The van der Waals surface area contributed by atoms with E-state index < -0.39 is 0 Å². The number of methoxy groups -OCH3 is 1. The van der Waals surface area contributed by atoms with Gasteiger partial charge in [0, 0.05) is 25.8 Å². The van der Waals surface area contributed by atoms with Crippen LogP contribution in [-0.4, -0.2) is 42.0 Å². The first-order valence-electron chi connectivity index (χ1n) is 7.04. The molecule has 1 aliphatic rings. The summed E-state index contributed by atoms with van der Waals surface area (Å²) in [6, 6.07) is 4.21. The molecule has 0 aromatic carbocycles. The van der Waals surface area contributed by atoms with Gasteiger partial charge in [-0.2, -0.15) is 0 Å². The van der Waals surface area contributed by atoms with Gasteiger partial charge in [-0.15, -0.1) is 0 Å². The summed E-state index contributed by atoms with van der Waals surface area (Å²) in [4.78, 5) is 25.5. The molecule has 0 saturated heterocycles. The van der Waals surface area contributed by atoms with Crippen molar-refractivity contribution in [2.75, 3.05) is 20.7 Å². The van der Waals surface area contributed by atoms with Gasteiger partial charge in [0.15, 0.2) is 0 Å². The van der Waals surface area contributed by atoms with Crippen molar-refractivity contribution in [2.45, 2.75) is 32.2 Å². The molecule has 1 amide bonds. The molecule has 20 heavy (non-hydrogen) atoms. The molecule has 0 aliphatic heterocycles. The molecule has 1 fully saturated rings. The Morgan fingerprint density at radius 2 is 2.20 bits per heavy atom. The number of hydrogen-bond donors (Lipinski definition) is 0. The summed E-state index contributed by atoms with van der Waals surface area (Å²) in [6.45, 7) is 2.13. The number of rotatable bonds is 5. The molecule has 110 valence electrons. The highest BCUT2D eigenvalue weighted by Gasteiger charge is 2.26. The van der Waals surface area contributed by atoms with Gasteiger partial charge in [-0.3, -0.25) is 9.59 Å². The van der Waals surface area contributed by atoms with Crippen molar-refractivity contribution >= 4 is 11.9 Å². The molecular formula is C15H22N2O3. The molecule has 0 spiro atoms. The fraction of sp³-hybridized carbons (Fsp3) is 0.600. The van der Waals surface area contributed by atoms with Gasteiger partial charge in [-0.1, -0.05) is 6.92 Å². The number of hydrogen-bond acceptors (Lipinski definition) is 3. The van der Waals surface area contributed by atoms with Crippen LogP contribution in [0.3, 0.4) is 0 Å². The first kappa shape index (κ1) is 14.6. The average molecular weight is 278 g/mol. The Labute approximate surface area is 119 Å². The first-order valence-corrected chi connectivity index (χ1v) is 7.04. The van der Waals surface area contributed by atoms with Crippen LogP contribution >= 0.6 is 0 Å². The predicted molar refractivity (Wildman–Crippen MR) is 75.5 cm³/mol. The highest BCUT2D eigenvalue weighted by molar-refractivity contribution is 5.93. The van der Waals surface area contributed by atoms with E-state index in [1.165, 1.54) is 13.5 Å². The second kappa shape index (κ2) is 6.11. The minimum Gasteiger partial charge on any atom is -0.469 e. The minimum absolute atomic E-state index is 0.0438. The van der Waals surface area contributed by atoms with E-state index in [4.69, 9.17) is 0 Å². The Bertz CT molecular complexity index is 491. The van der Waals surface area contributed by atoms with E-state index in [2.05, 4.69) is 9.30 Å². The van der Waals surface area contributed by atoms with E-state index in [-0.39, 0.29) is 17.8 Å². The van der Waals surface area contributed by atoms with Crippen LogP contribution in [0.2, 0.25) is 0 Å². The Morgan fingerprint density at radius 1 is 1.50 bits per heavy atom. The van der Waals surface area contributed by atoms with E-state index in [0.29, 0.717) is 18.3 Å². The molecule has 0 N–H and O–H groups in total. The van der Waals surface area contributed by atoms with Crippen LogP contribution in [0.5, 0.6) is 0 Å². The van der Waals surface area contributed by atoms with E-state index in [1.807, 2.05) is 18.3 Å². The summed E-state index contributed by atoms with van der Waals surface area (Å²) >= 11 is 0. The fourth-order valence-corrected chi connectivity index (χ4v) is 2.52. The predicted octanol–water partition coefficient (Wildman–Crippen LogP) is 2.09. The van der Waals surface area contributed by atoms with Gasteiger partial charge < -0.3 is 14.2 Å². The zero-order chi connectivity index (χ0) is 14.7. The van der Waals surface area contributed by atoms with Crippen LogP contribution in [0.25, 0.3) is 0 Å². The normalized spacial score (nSPS) is 16.4. The largest absolute Gasteiger partial charge is 0.469 e. The monoisotopic (exact) mass is 278 g/mol. The minimum atomic E-state index is -0.318. The molecule has 0 bridgehead atoms. The topological polar surface area (TPSA) is 51.5 Å². The van der Waals surface area contributed by atoms with Gasteiger partial charge in [0.2, 0.25) is 0 Å². The molecule has 1 atom stereocenters. The quantitative estimate of drug-likeness (QED) is 0.775. The lowest BCUT2D eigenvalue weighted by atomic mass is 9.93. The van der Waals surface area contributed by atoms with Crippen molar-refractivity contribution in [1.82, 2.24) is 9.47 Å². The van der Waals surface area contributed by atoms with Crippen LogP contribution in [-0.2, 0) is 9.53 Å². The number of amides is 1. The van der Waals surface area contributed by atoms with Crippen LogP contribution in [0, 0.1) is 5.92 Å². The molecule has 0 radical (unpaired) electrons. The zero-order valence-corrected chi connectivity index (χ0v) is 12.3. The van der Waals surface area contributed by atoms with Crippen molar-refractivity contribution in [3.8, 4) is 0 Å². The van der Waals surface area contributed by atoms with Crippen LogP contribution in [0.1, 0.15) is 42.7 Å². The second-order valence-electron chi connectivity index (χ2n) is 5.50. The lowest BCUT2D eigenvalue weighted by molar-refractivity contribution is -0.145. The molecule has 1 heterocycles. The summed E-state index contributed by atoms with van der Waals surface area (Å²) in [5.74, 6) is -0.655. The maximum atomic E-state index is 12.5. The van der Waals surface area contributed by atoms with Crippen molar-refractivity contribution < 1.29 is 14.3 Å². The Kier molecular flexibility index (Phi) is 4.47. The van der Waals surface area contributed by atoms with Crippen molar-refractivity contribution in [2.24, 2.45) is 5.92 Å². The third-order valence-corrected chi connectivity index (χ3v) is 3.96. The average Bonchev–Trinajstić information content (AvgIpc) is 2.83. The van der Waals surface area contributed by atoms with E-state index in [9.17, 15) is 9.59 Å². The summed E-state index contributed by atoms with van der Waals surface area (Å²) in [5.41, 5.74) is 0.703. The molecule has 5 nitrogen and oxygen atoms in total. The molecule has 2 rings (SSSR count). The standard InChI is InChI=1S/C15H22N2O3/c1-11(15(19)20-3)10-16(2)14(18)13-8-5-9-17(13)12-6-4-7-12/h5,8-9,11-12H,4,6-7,10H2,1-3H3. The Hall–Kier alpha value is -1.78. The maximum Gasteiger partial charge on any atom is 0.310 e. The summed E-state index contributed by atoms with van der Waals surface area (Å²) in [7, 11) is 3.09. The number of carbonyl (C=O) groups is 2. The summed E-state index contributed by atoms with van der Waals surface area (Å²) in [6.07, 6.45) is 5.47. The molecule has 1 aliphatic carbocycles. The van der Waals surface area contributed by atoms with Crippen LogP contribution < -0.4 is 0 Å². The number of carbonyl (C=O) groups excluding carboxylic acids is 2. The number of esters is 1. The molecule has 1 saturated carbocycles. The number of aromatic nitrogens is 1. The molecular weight excluding hydrogens is 256 g/mol. The third kappa shape index (κ3) is 2.86. The smallest absolute Gasteiger partial charge is 0.310 e. The highest BCUT2D eigenvalue weighted by atomic mass is 16.5. The molecule has 1 aromatic rings. The molecule has 1 aromatic heterocycles. The van der Waals surface area contributed by atoms with E-state index in [1.54, 1.807) is 18.9 Å². The zero-order valence-electron chi connectivity index (χ0n) is 12.3. The van der Waals surface area contributed by atoms with Crippen molar-refractivity contribution in [1.29, 1.82) is 0 Å². The third-order valence-electron chi connectivity index (χ3n) is 3.96. The summed E-state index contributed by atoms with van der Waals surface area (Å²) < 4.78 is 6.75. The van der Waals surface area contributed by atoms with Crippen LogP contribution in [0.4, 0.5) is 0 Å². The van der Waals surface area contributed by atoms with E-state index >= 15 is 0 Å². The van der Waals surface area contributed by atoms with Gasteiger partial charge in [-0.05, 0) is 31.4 Å². The second-order valence-corrected chi connectivity index (χ2v) is 5.50. The molecule has 1 unspecified atom stereocenters. The summed E-state index contributed by atoms with van der Waals surface area (Å²) in [5, 5.41) is 0. The van der Waals surface area contributed by atoms with Gasteiger partial charge >= 0.3 is 5.97 Å². The first-order chi connectivity index (χ1) is 9.54. The Balaban J connectivity index is 2.03. The number of ether oxygens (including phenoxy) is 1. The Morgan fingerprint density at radius 3 is 2.75 bits per heavy atom. The lowest BCUT2D eigenvalue weighted by Gasteiger charge is -2.30. The van der Waals surface area contributed by atoms with Gasteiger partial charge in [0.25, 0.3) is 5.91 Å². The van der Waals surface area contributed by atoms with Crippen molar-refractivity contribution in [3.05, 3.63) is 24.0 Å². The fourth-order valence-electron chi connectivity index (χ4n) is 2.52. The van der Waals surface area contributed by atoms with Gasteiger partial charge in [0.05, 0.1) is 13.0 Å². The van der Waals surface area contributed by atoms with Gasteiger partial charge in [-0.25, -0.2) is 0 Å². The molecule has 5 heteroatoms. The number of nitrogens with zero attached hydrogens (tertiary/aromatic N) is 2. The van der Waals surface area contributed by atoms with Crippen molar-refractivity contribution in [3.63, 3.8) is 0 Å². The maximum absolute atomic E-state index is 12.5. The highest BCUT2D eigenvalue weighted by Crippen LogP contribution is 2.32.